The molecule has 1 N–H and O–H groups in total. The predicted octanol–water partition coefficient (Wildman–Crippen LogP) is 5.69. The first-order valence-electron chi connectivity index (χ1n) is 10.8. The Labute approximate surface area is 176 Å². The number of fused-ring (bicyclic) bond motifs is 1. The quantitative estimate of drug-likeness (QED) is 0.458. The Morgan fingerprint density at radius 1 is 1.34 bits per heavy atom. The third-order valence-corrected chi connectivity index (χ3v) is 8.77. The van der Waals surface area contributed by atoms with E-state index in [2.05, 4.69) is 24.8 Å². The first kappa shape index (κ1) is 22.3. The van der Waals surface area contributed by atoms with E-state index in [-0.39, 0.29) is 17.9 Å². The summed E-state index contributed by atoms with van der Waals surface area (Å²) in [6.45, 7) is 8.08. The second-order valence-corrected chi connectivity index (χ2v) is 10.8. The van der Waals surface area contributed by atoms with Crippen LogP contribution in [0.1, 0.15) is 58.8 Å². The lowest BCUT2D eigenvalue weighted by Gasteiger charge is -2.48. The van der Waals surface area contributed by atoms with Gasteiger partial charge in [-0.15, -0.1) is 6.58 Å². The molecule has 0 unspecified atom stereocenters. The highest BCUT2D eigenvalue weighted by molar-refractivity contribution is 7.97. The Morgan fingerprint density at radius 2 is 2.07 bits per heavy atom. The molecule has 0 spiro atoms. The maximum atomic E-state index is 14.4. The molecule has 1 aromatic rings. The predicted molar refractivity (Wildman–Crippen MR) is 119 cm³/mol. The fourth-order valence-corrected chi connectivity index (χ4v) is 7.21. The van der Waals surface area contributed by atoms with Gasteiger partial charge in [0.05, 0.1) is 15.9 Å². The van der Waals surface area contributed by atoms with Crippen LogP contribution in [0, 0.1) is 11.8 Å². The summed E-state index contributed by atoms with van der Waals surface area (Å²) in [5, 5.41) is 11.9. The number of allylic oxidation sites excluding steroid dienone is 1. The van der Waals surface area contributed by atoms with Gasteiger partial charge in [-0.05, 0) is 55.7 Å². The van der Waals surface area contributed by atoms with E-state index in [9.17, 15) is 9.32 Å². The lowest BCUT2D eigenvalue weighted by molar-refractivity contribution is -0.233. The first-order chi connectivity index (χ1) is 13.9. The van der Waals surface area contributed by atoms with Crippen molar-refractivity contribution in [2.75, 3.05) is 7.05 Å². The fourth-order valence-electron chi connectivity index (χ4n) is 4.87. The van der Waals surface area contributed by atoms with Crippen LogP contribution in [0.5, 0.6) is 0 Å². The van der Waals surface area contributed by atoms with Gasteiger partial charge >= 0.3 is 0 Å². The first-order valence-corrected chi connectivity index (χ1v) is 12.3. The van der Waals surface area contributed by atoms with Crippen LogP contribution >= 0.6 is 0 Å². The van der Waals surface area contributed by atoms with Crippen molar-refractivity contribution in [1.82, 2.24) is 0 Å². The van der Waals surface area contributed by atoms with Crippen molar-refractivity contribution in [2.45, 2.75) is 75.6 Å². The van der Waals surface area contributed by atoms with Gasteiger partial charge in [-0.2, -0.15) is 0 Å². The molecular weight excluding hydrogens is 382 g/mol. The average Bonchev–Trinajstić information content (AvgIpc) is 2.73. The van der Waals surface area contributed by atoms with Gasteiger partial charge in [-0.1, -0.05) is 44.5 Å². The van der Waals surface area contributed by atoms with Crippen LogP contribution in [0.25, 0.3) is 0 Å². The van der Waals surface area contributed by atoms with Crippen molar-refractivity contribution in [3.63, 3.8) is 0 Å². The molecule has 1 saturated carbocycles. The molecule has 0 bridgehead atoms. The summed E-state index contributed by atoms with van der Waals surface area (Å²) in [6, 6.07) is 9.35. The van der Waals surface area contributed by atoms with Gasteiger partial charge in [-0.25, -0.2) is 8.57 Å². The van der Waals surface area contributed by atoms with E-state index in [1.165, 1.54) is 0 Å². The van der Waals surface area contributed by atoms with Gasteiger partial charge in [0, 0.05) is 19.4 Å². The molecule has 1 aliphatic heterocycles. The summed E-state index contributed by atoms with van der Waals surface area (Å²) in [6.07, 6.45) is 7.73. The number of aliphatic hydroxyl groups is 1. The van der Waals surface area contributed by atoms with Gasteiger partial charge in [0.2, 0.25) is 5.79 Å². The van der Waals surface area contributed by atoms with Gasteiger partial charge in [0.25, 0.3) is 0 Å². The molecule has 1 heterocycles. The van der Waals surface area contributed by atoms with Crippen LogP contribution in [0.2, 0.25) is 0 Å². The monoisotopic (exact) mass is 417 g/mol. The number of ether oxygens (including phenoxy) is 1. The Hall–Kier alpha value is -1.43. The SMILES string of the molecule is C=CCCC[C@@]1(O)O[C@@H](C(C)C)[C@@H]2CCCCC2=C1[S@](=O)(=NC)c1ccccc1. The summed E-state index contributed by atoms with van der Waals surface area (Å²) < 4.78 is 25.3. The molecule has 2 aliphatic rings. The minimum absolute atomic E-state index is 0.0703. The molecule has 5 heteroatoms. The molecule has 0 saturated heterocycles. The van der Waals surface area contributed by atoms with Crippen molar-refractivity contribution < 1.29 is 14.1 Å². The van der Waals surface area contributed by atoms with Gasteiger partial charge in [0.15, 0.2) is 0 Å². The third kappa shape index (κ3) is 4.23. The van der Waals surface area contributed by atoms with Crippen molar-refractivity contribution in [3.05, 3.63) is 53.5 Å². The zero-order chi connectivity index (χ0) is 21.1. The van der Waals surface area contributed by atoms with Gasteiger partial charge in [0.1, 0.15) is 9.73 Å². The molecular formula is C24H35NO3S. The topological polar surface area (TPSA) is 58.9 Å². The van der Waals surface area contributed by atoms with E-state index < -0.39 is 15.5 Å². The molecule has 4 nitrogen and oxygen atoms in total. The van der Waals surface area contributed by atoms with Gasteiger partial charge < -0.3 is 9.84 Å². The second-order valence-electron chi connectivity index (χ2n) is 8.52. The minimum Gasteiger partial charge on any atom is -0.361 e. The van der Waals surface area contributed by atoms with E-state index in [4.69, 9.17) is 4.74 Å². The molecule has 160 valence electrons. The highest BCUT2D eigenvalue weighted by Crippen LogP contribution is 2.50. The molecule has 0 radical (unpaired) electrons. The average molecular weight is 418 g/mol. The summed E-state index contributed by atoms with van der Waals surface area (Å²) in [5.41, 5.74) is 1.13. The molecule has 29 heavy (non-hydrogen) atoms. The highest BCUT2D eigenvalue weighted by Gasteiger charge is 2.51. The minimum atomic E-state index is -2.97. The van der Waals surface area contributed by atoms with E-state index in [0.29, 0.717) is 16.2 Å². The zero-order valence-corrected chi connectivity index (χ0v) is 18.8. The van der Waals surface area contributed by atoms with E-state index in [1.807, 2.05) is 36.4 Å². The standard InChI is InChI=1S/C24H35NO3S/c1-5-6-12-17-24(26)23(29(27,25-4)19-13-8-7-9-14-19)21-16-11-10-15-20(21)22(28-24)18(2)3/h5,7-9,13-14,18,20,22,26H,1,6,10-12,15-17H2,2-4H3/t20-,22+,24-,29+/m1/s1. The van der Waals surface area contributed by atoms with Crippen LogP contribution < -0.4 is 0 Å². The Kier molecular flexibility index (Phi) is 7.02. The summed E-state index contributed by atoms with van der Waals surface area (Å²) in [7, 11) is -1.37. The number of hydrogen-bond donors (Lipinski definition) is 1. The fraction of sp³-hybridized carbons (Fsp3) is 0.583. The number of unbranched alkanes of at least 4 members (excludes halogenated alkanes) is 1. The lowest BCUT2D eigenvalue weighted by Crippen LogP contribution is -2.51. The summed E-state index contributed by atoms with van der Waals surface area (Å²) in [4.78, 5) is 1.17. The second kappa shape index (κ2) is 9.15. The largest absolute Gasteiger partial charge is 0.361 e. The summed E-state index contributed by atoms with van der Waals surface area (Å²) in [5.74, 6) is -1.09. The maximum Gasteiger partial charge on any atom is 0.202 e. The smallest absolute Gasteiger partial charge is 0.202 e. The number of hydrogen-bond acceptors (Lipinski definition) is 4. The van der Waals surface area contributed by atoms with E-state index in [0.717, 1.165) is 44.1 Å². The molecule has 0 amide bonds. The summed E-state index contributed by atoms with van der Waals surface area (Å²) >= 11 is 0. The molecule has 1 fully saturated rings. The van der Waals surface area contributed by atoms with Crippen LogP contribution in [0.3, 0.4) is 0 Å². The van der Waals surface area contributed by atoms with E-state index >= 15 is 0 Å². The Morgan fingerprint density at radius 3 is 2.69 bits per heavy atom. The zero-order valence-electron chi connectivity index (χ0n) is 18.0. The lowest BCUT2D eigenvalue weighted by atomic mass is 9.74. The third-order valence-electron chi connectivity index (χ3n) is 6.21. The van der Waals surface area contributed by atoms with Crippen LogP contribution in [0.15, 0.2) is 62.7 Å². The number of benzene rings is 1. The molecule has 1 aromatic carbocycles. The van der Waals surface area contributed by atoms with E-state index in [1.54, 1.807) is 7.05 Å². The molecule has 0 aromatic heterocycles. The van der Waals surface area contributed by atoms with Crippen molar-refractivity contribution >= 4 is 9.73 Å². The number of nitrogens with zero attached hydrogens (tertiary/aromatic N) is 1. The highest BCUT2D eigenvalue weighted by atomic mass is 32.2. The Bertz CT molecular complexity index is 867. The Balaban J connectivity index is 2.24. The van der Waals surface area contributed by atoms with Crippen molar-refractivity contribution in [2.24, 2.45) is 16.2 Å². The van der Waals surface area contributed by atoms with Crippen molar-refractivity contribution in [3.8, 4) is 0 Å². The molecule has 4 atom stereocenters. The van der Waals surface area contributed by atoms with Gasteiger partial charge in [-0.3, -0.25) is 0 Å². The van der Waals surface area contributed by atoms with Crippen LogP contribution in [-0.2, 0) is 14.5 Å². The normalized spacial score (nSPS) is 29.3. The molecule has 1 aliphatic carbocycles. The van der Waals surface area contributed by atoms with Crippen LogP contribution in [0.4, 0.5) is 0 Å². The van der Waals surface area contributed by atoms with Crippen molar-refractivity contribution in [1.29, 1.82) is 0 Å². The van der Waals surface area contributed by atoms with Crippen LogP contribution in [-0.4, -0.2) is 28.3 Å². The number of rotatable bonds is 7. The maximum absolute atomic E-state index is 14.4. The molecule has 3 rings (SSSR count).